The minimum absolute atomic E-state index is 0. The van der Waals surface area contributed by atoms with E-state index in [2.05, 4.69) is 40.5 Å². The summed E-state index contributed by atoms with van der Waals surface area (Å²) in [5, 5.41) is 43.7. The lowest BCUT2D eigenvalue weighted by atomic mass is 10.1. The van der Waals surface area contributed by atoms with Crippen LogP contribution in [0.5, 0.6) is 0 Å². The summed E-state index contributed by atoms with van der Waals surface area (Å²) in [6.07, 6.45) is 3.23. The van der Waals surface area contributed by atoms with Gasteiger partial charge in [0.15, 0.2) is 39.8 Å². The van der Waals surface area contributed by atoms with E-state index in [9.17, 15) is 30.0 Å². The van der Waals surface area contributed by atoms with Crippen molar-refractivity contribution in [3.8, 4) is 0 Å². The molecule has 0 bridgehead atoms. The highest BCUT2D eigenvalue weighted by Gasteiger charge is 2.55. The predicted molar refractivity (Wildman–Crippen MR) is 217 cm³/mol. The Hall–Kier alpha value is -5.06. The van der Waals surface area contributed by atoms with Crippen LogP contribution < -0.4 is 10.6 Å². The van der Waals surface area contributed by atoms with Gasteiger partial charge in [0.2, 0.25) is 0 Å². The Morgan fingerprint density at radius 1 is 0.672 bits per heavy atom. The molecule has 3 aliphatic heterocycles. The van der Waals surface area contributed by atoms with Crippen LogP contribution in [-0.2, 0) is 9.47 Å². The van der Waals surface area contributed by atoms with Gasteiger partial charge < -0.3 is 40.5 Å². The summed E-state index contributed by atoms with van der Waals surface area (Å²) >= 11 is 2.81. The molecule has 20 heteroatoms. The third-order valence-corrected chi connectivity index (χ3v) is 12.7. The Balaban J connectivity index is 0.000000175. The number of aromatic nitrogens is 8. The molecule has 6 aromatic rings. The number of hydrogen-bond donors (Lipinski definition) is 6. The zero-order valence-electron chi connectivity index (χ0n) is 30.4. The highest BCUT2D eigenvalue weighted by Crippen LogP contribution is 2.51. The Kier molecular flexibility index (Phi) is 12.1. The van der Waals surface area contributed by atoms with E-state index in [1.165, 1.54) is 30.7 Å². The van der Waals surface area contributed by atoms with Crippen LogP contribution in [0.15, 0.2) is 86.0 Å². The second kappa shape index (κ2) is 17.0. The van der Waals surface area contributed by atoms with E-state index in [0.29, 0.717) is 39.3 Å². The number of amides is 2. The van der Waals surface area contributed by atoms with Crippen LogP contribution in [0, 0.1) is 0 Å². The number of thioether (sulfide) groups is 2. The molecule has 0 radical (unpaired) electrons. The number of rotatable bonds is 8. The van der Waals surface area contributed by atoms with Gasteiger partial charge in [-0.3, -0.25) is 18.7 Å². The molecule has 3 aliphatic rings. The van der Waals surface area contributed by atoms with Crippen LogP contribution >= 0.6 is 23.5 Å². The molecular formula is C38H42N10O8S2. The van der Waals surface area contributed by atoms with Crippen molar-refractivity contribution >= 4 is 69.3 Å². The number of hydrogen-bond acceptors (Lipinski definition) is 16. The number of aliphatic hydroxyl groups excluding tert-OH is 4. The van der Waals surface area contributed by atoms with Gasteiger partial charge in [0.1, 0.15) is 41.7 Å². The molecule has 0 spiro atoms. The van der Waals surface area contributed by atoms with Crippen molar-refractivity contribution in [3.63, 3.8) is 0 Å². The Labute approximate surface area is 340 Å². The van der Waals surface area contributed by atoms with E-state index in [1.54, 1.807) is 71.2 Å². The van der Waals surface area contributed by atoms with E-state index in [4.69, 9.17) is 9.47 Å². The van der Waals surface area contributed by atoms with Crippen LogP contribution in [0.4, 0.5) is 11.6 Å². The molecule has 0 unspecified atom stereocenters. The number of nitrogens with one attached hydrogen (secondary N) is 2. The maximum absolute atomic E-state index is 12.5. The van der Waals surface area contributed by atoms with Gasteiger partial charge in [-0.05, 0) is 38.1 Å². The second-order valence-corrected chi connectivity index (χ2v) is 16.5. The van der Waals surface area contributed by atoms with Crippen LogP contribution in [0.2, 0.25) is 0 Å². The number of nitrogens with zero attached hydrogens (tertiary/aromatic N) is 8. The molecule has 8 atom stereocenters. The highest BCUT2D eigenvalue weighted by atomic mass is 32.2. The molecule has 0 aliphatic carbocycles. The van der Waals surface area contributed by atoms with E-state index in [-0.39, 0.29) is 61.1 Å². The average Bonchev–Trinajstić information content (AvgIpc) is 4.04. The number of imidazole rings is 2. The second-order valence-electron chi connectivity index (χ2n) is 13.8. The van der Waals surface area contributed by atoms with Crippen molar-refractivity contribution in [2.45, 2.75) is 72.7 Å². The van der Waals surface area contributed by atoms with E-state index in [0.717, 1.165) is 0 Å². The fraction of sp³-hybridized carbons (Fsp3) is 0.368. The van der Waals surface area contributed by atoms with Gasteiger partial charge in [-0.1, -0.05) is 43.8 Å². The quantitative estimate of drug-likeness (QED) is 0.129. The molecule has 4 aromatic heterocycles. The number of benzene rings is 2. The number of aliphatic hydroxyl groups is 4. The SMILES string of the molecule is C.CC1(C)O[C@@H]2[C@H](O1)[C@@H](CO)S[C@H]2n1cnc2c(NC(=O)c3ccccc3)ncnc21.O=C(Nc1ncnc2c1ncn2[C@@H]1S[C@H](CO)[C@@H](O)[C@H]1O)c1ccccc1. The number of fused-ring (bicyclic) bond motifs is 3. The van der Waals surface area contributed by atoms with Gasteiger partial charge in [0.05, 0.1) is 42.5 Å². The van der Waals surface area contributed by atoms with E-state index >= 15 is 0 Å². The Morgan fingerprint density at radius 3 is 1.62 bits per heavy atom. The number of anilines is 2. The zero-order valence-corrected chi connectivity index (χ0v) is 32.1. The number of ether oxygens (including phenoxy) is 2. The lowest BCUT2D eigenvalue weighted by molar-refractivity contribution is -0.149. The van der Waals surface area contributed by atoms with Crippen LogP contribution in [0.1, 0.15) is 52.7 Å². The first-order valence-corrected chi connectivity index (χ1v) is 19.8. The molecule has 2 amide bonds. The van der Waals surface area contributed by atoms with Crippen LogP contribution in [0.25, 0.3) is 22.3 Å². The van der Waals surface area contributed by atoms with Gasteiger partial charge in [-0.15, -0.1) is 23.5 Å². The summed E-state index contributed by atoms with van der Waals surface area (Å²) in [4.78, 5) is 50.6. The monoisotopic (exact) mass is 830 g/mol. The smallest absolute Gasteiger partial charge is 0.256 e. The maximum Gasteiger partial charge on any atom is 0.256 e. The van der Waals surface area contributed by atoms with Crippen molar-refractivity contribution in [3.05, 3.63) is 97.1 Å². The topological polar surface area (TPSA) is 245 Å². The first kappa shape index (κ1) is 41.1. The maximum atomic E-state index is 12.5. The fourth-order valence-electron chi connectivity index (χ4n) is 6.94. The fourth-order valence-corrected chi connectivity index (χ4v) is 9.77. The summed E-state index contributed by atoms with van der Waals surface area (Å²) in [6, 6.07) is 17.6. The largest absolute Gasteiger partial charge is 0.395 e. The van der Waals surface area contributed by atoms with Crippen LogP contribution in [0.3, 0.4) is 0 Å². The van der Waals surface area contributed by atoms with Gasteiger partial charge in [0.25, 0.3) is 11.8 Å². The Morgan fingerprint density at radius 2 is 1.14 bits per heavy atom. The lowest BCUT2D eigenvalue weighted by Gasteiger charge is -2.23. The van der Waals surface area contributed by atoms with Gasteiger partial charge in [-0.2, -0.15) is 0 Å². The molecule has 0 saturated carbocycles. The zero-order chi connectivity index (χ0) is 39.8. The molecule has 3 saturated heterocycles. The number of carbonyl (C=O) groups excluding carboxylic acids is 2. The molecule has 18 nitrogen and oxygen atoms in total. The van der Waals surface area contributed by atoms with Crippen LogP contribution in [-0.4, -0.2) is 125 Å². The first-order chi connectivity index (χ1) is 27.6. The molecule has 2 aromatic carbocycles. The summed E-state index contributed by atoms with van der Waals surface area (Å²) < 4.78 is 15.7. The molecule has 58 heavy (non-hydrogen) atoms. The van der Waals surface area contributed by atoms with Crippen molar-refractivity contribution in [1.82, 2.24) is 39.0 Å². The molecule has 3 fully saturated rings. The summed E-state index contributed by atoms with van der Waals surface area (Å²) in [6.45, 7) is 3.47. The predicted octanol–water partition coefficient (Wildman–Crippen LogP) is 3.25. The molecule has 304 valence electrons. The van der Waals surface area contributed by atoms with Crippen molar-refractivity contribution in [2.75, 3.05) is 23.8 Å². The highest BCUT2D eigenvalue weighted by molar-refractivity contribution is 8.00. The normalized spacial score (nSPS) is 25.8. The van der Waals surface area contributed by atoms with Crippen molar-refractivity contribution in [2.24, 2.45) is 0 Å². The van der Waals surface area contributed by atoms with Gasteiger partial charge in [-0.25, -0.2) is 29.9 Å². The molecule has 9 rings (SSSR count). The van der Waals surface area contributed by atoms with E-state index < -0.39 is 28.6 Å². The first-order valence-electron chi connectivity index (χ1n) is 17.9. The Bertz CT molecular complexity index is 2390. The van der Waals surface area contributed by atoms with Crippen molar-refractivity contribution in [1.29, 1.82) is 0 Å². The summed E-state index contributed by atoms with van der Waals surface area (Å²) in [7, 11) is 0. The summed E-state index contributed by atoms with van der Waals surface area (Å²) in [5.41, 5.74) is 2.87. The van der Waals surface area contributed by atoms with Gasteiger partial charge in [0, 0.05) is 11.1 Å². The van der Waals surface area contributed by atoms with E-state index in [1.807, 2.05) is 30.5 Å². The third kappa shape index (κ3) is 7.88. The molecule has 6 N–H and O–H groups in total. The third-order valence-electron chi connectivity index (χ3n) is 9.62. The summed E-state index contributed by atoms with van der Waals surface area (Å²) in [5.74, 6) is -0.715. The minimum atomic E-state index is -1.08. The molecule has 7 heterocycles. The standard InChI is InChI=1S/C20H21N5O4S.C17H17N5O4S.CH4/c1-20(2)28-14-12(8-26)30-19(15(14)29-20)25-10-23-13-16(21-9-22-17(13)25)24-18(27)11-6-4-3-5-7-11;23-6-10-12(24)13(25)17(27-10)22-8-20-11-14(18-7-19-15(11)22)21-16(26)9-4-2-1-3-5-9;/h3-7,9-10,12,14-15,19,26H,8H2,1-2H3,(H,21,22,24,27);1-5,7-8,10,12-13,17,23-25H,6H2,(H,18,19,21,26);1H4/t12-,14-,15-,19-;10-,12-,13-,17-;/m11./s1. The average molecular weight is 831 g/mol. The van der Waals surface area contributed by atoms with Gasteiger partial charge >= 0.3 is 0 Å². The number of carbonyl (C=O) groups is 2. The minimum Gasteiger partial charge on any atom is -0.395 e. The van der Waals surface area contributed by atoms with Crippen molar-refractivity contribution < 1.29 is 39.5 Å². The molecular weight excluding hydrogens is 789 g/mol. The lowest BCUT2D eigenvalue weighted by Crippen LogP contribution is -2.32.